The van der Waals surface area contributed by atoms with Crippen LogP contribution in [-0.2, 0) is 11.0 Å². The van der Waals surface area contributed by atoms with Gasteiger partial charge in [-0.2, -0.15) is 22.0 Å². The maximum atomic E-state index is 13.0. The SMILES string of the molecule is CNC(=O)C(F)(F)Oc1cccc(C(F)(F)F)c1. The normalized spacial score (nSPS) is 12.1. The van der Waals surface area contributed by atoms with Crippen molar-refractivity contribution in [2.24, 2.45) is 0 Å². The number of likely N-dealkylation sites (N-methyl/N-ethyl adjacent to an activating group) is 1. The summed E-state index contributed by atoms with van der Waals surface area (Å²) >= 11 is 0. The summed E-state index contributed by atoms with van der Waals surface area (Å²) in [6.07, 6.45) is -8.92. The second-order valence-electron chi connectivity index (χ2n) is 3.22. The Balaban J connectivity index is 2.96. The predicted molar refractivity (Wildman–Crippen MR) is 51.1 cm³/mol. The highest BCUT2D eigenvalue weighted by Gasteiger charge is 2.41. The fraction of sp³-hybridized carbons (Fsp3) is 0.300. The van der Waals surface area contributed by atoms with E-state index in [1.807, 2.05) is 0 Å². The van der Waals surface area contributed by atoms with E-state index in [0.717, 1.165) is 19.2 Å². The zero-order valence-corrected chi connectivity index (χ0v) is 9.02. The summed E-state index contributed by atoms with van der Waals surface area (Å²) in [5.41, 5.74) is -1.15. The molecule has 3 nitrogen and oxygen atoms in total. The molecular weight excluding hydrogens is 261 g/mol. The lowest BCUT2D eigenvalue weighted by Gasteiger charge is -2.16. The highest BCUT2D eigenvalue weighted by atomic mass is 19.4. The second-order valence-corrected chi connectivity index (χ2v) is 3.22. The van der Waals surface area contributed by atoms with Gasteiger partial charge in [0.15, 0.2) is 0 Å². The van der Waals surface area contributed by atoms with Crippen LogP contribution >= 0.6 is 0 Å². The number of amides is 1. The summed E-state index contributed by atoms with van der Waals surface area (Å²) < 4.78 is 66.9. The monoisotopic (exact) mass is 269 g/mol. The van der Waals surface area contributed by atoms with Crippen LogP contribution in [0.5, 0.6) is 5.75 Å². The molecule has 0 saturated carbocycles. The van der Waals surface area contributed by atoms with Gasteiger partial charge in [-0.25, -0.2) is 0 Å². The quantitative estimate of drug-likeness (QED) is 0.856. The topological polar surface area (TPSA) is 38.3 Å². The van der Waals surface area contributed by atoms with Gasteiger partial charge < -0.3 is 10.1 Å². The van der Waals surface area contributed by atoms with Gasteiger partial charge in [-0.05, 0) is 18.2 Å². The molecule has 0 aliphatic heterocycles. The second kappa shape index (κ2) is 4.79. The molecule has 0 aliphatic carbocycles. The number of carbonyl (C=O) groups is 1. The number of nitrogens with one attached hydrogen (secondary N) is 1. The van der Waals surface area contributed by atoms with E-state index >= 15 is 0 Å². The van der Waals surface area contributed by atoms with Gasteiger partial charge in [0.05, 0.1) is 5.56 Å². The van der Waals surface area contributed by atoms with Crippen LogP contribution in [-0.4, -0.2) is 19.1 Å². The van der Waals surface area contributed by atoms with Crippen molar-refractivity contribution in [2.75, 3.05) is 7.05 Å². The Hall–Kier alpha value is -1.86. The van der Waals surface area contributed by atoms with E-state index in [1.54, 1.807) is 5.32 Å². The van der Waals surface area contributed by atoms with Crippen LogP contribution in [0.1, 0.15) is 5.56 Å². The van der Waals surface area contributed by atoms with Gasteiger partial charge >= 0.3 is 18.2 Å². The molecule has 0 bridgehead atoms. The summed E-state index contributed by atoms with van der Waals surface area (Å²) in [6, 6.07) is 2.88. The Morgan fingerprint density at radius 1 is 1.22 bits per heavy atom. The van der Waals surface area contributed by atoms with Crippen LogP contribution in [0, 0.1) is 0 Å². The largest absolute Gasteiger partial charge is 0.482 e. The minimum Gasteiger partial charge on any atom is -0.425 e. The molecule has 1 amide bonds. The fourth-order valence-corrected chi connectivity index (χ4v) is 1.08. The summed E-state index contributed by atoms with van der Waals surface area (Å²) in [4.78, 5) is 10.7. The minimum absolute atomic E-state index is 0.386. The number of hydrogen-bond donors (Lipinski definition) is 1. The zero-order chi connectivity index (χ0) is 14.0. The molecule has 0 radical (unpaired) electrons. The average molecular weight is 269 g/mol. The van der Waals surface area contributed by atoms with E-state index in [9.17, 15) is 26.7 Å². The van der Waals surface area contributed by atoms with E-state index in [2.05, 4.69) is 4.74 Å². The van der Waals surface area contributed by atoms with Crippen molar-refractivity contribution >= 4 is 5.91 Å². The van der Waals surface area contributed by atoms with E-state index < -0.39 is 29.5 Å². The van der Waals surface area contributed by atoms with Gasteiger partial charge in [-0.1, -0.05) is 6.07 Å². The van der Waals surface area contributed by atoms with Gasteiger partial charge in [0.2, 0.25) is 0 Å². The van der Waals surface area contributed by atoms with E-state index in [1.165, 1.54) is 0 Å². The summed E-state index contributed by atoms with van der Waals surface area (Å²) in [7, 11) is 0.950. The van der Waals surface area contributed by atoms with E-state index in [-0.39, 0.29) is 0 Å². The first kappa shape index (κ1) is 14.2. The molecule has 0 aromatic heterocycles. The smallest absolute Gasteiger partial charge is 0.425 e. The number of benzene rings is 1. The average Bonchev–Trinajstić information content (AvgIpc) is 2.26. The van der Waals surface area contributed by atoms with E-state index in [4.69, 9.17) is 0 Å². The van der Waals surface area contributed by atoms with Crippen molar-refractivity contribution in [2.45, 2.75) is 12.3 Å². The lowest BCUT2D eigenvalue weighted by molar-refractivity contribution is -0.192. The van der Waals surface area contributed by atoms with Crippen LogP contribution in [0.25, 0.3) is 0 Å². The predicted octanol–water partition coefficient (Wildman–Crippen LogP) is 2.42. The first-order chi connectivity index (χ1) is 8.16. The third kappa shape index (κ3) is 3.31. The Morgan fingerprint density at radius 3 is 2.33 bits per heavy atom. The molecule has 0 saturated heterocycles. The van der Waals surface area contributed by atoms with Crippen molar-refractivity contribution in [1.82, 2.24) is 5.32 Å². The molecule has 1 aromatic rings. The summed E-state index contributed by atoms with van der Waals surface area (Å²) in [5, 5.41) is 1.63. The maximum absolute atomic E-state index is 13.0. The number of hydrogen-bond acceptors (Lipinski definition) is 2. The molecule has 0 atom stereocenters. The van der Waals surface area contributed by atoms with Crippen molar-refractivity contribution in [3.8, 4) is 5.75 Å². The number of rotatable bonds is 3. The molecule has 1 aromatic carbocycles. The molecule has 0 heterocycles. The molecule has 0 fully saturated rings. The summed E-state index contributed by atoms with van der Waals surface area (Å²) in [6.45, 7) is 0. The van der Waals surface area contributed by atoms with Gasteiger partial charge in [0, 0.05) is 7.05 Å². The van der Waals surface area contributed by atoms with Crippen molar-refractivity contribution in [3.05, 3.63) is 29.8 Å². The number of ether oxygens (including phenoxy) is 1. The first-order valence-corrected chi connectivity index (χ1v) is 4.63. The third-order valence-electron chi connectivity index (χ3n) is 1.90. The fourth-order valence-electron chi connectivity index (χ4n) is 1.08. The minimum atomic E-state index is -4.68. The summed E-state index contributed by atoms with van der Waals surface area (Å²) in [5.74, 6) is -2.50. The molecular formula is C10H8F5NO2. The molecule has 18 heavy (non-hydrogen) atoms. The van der Waals surface area contributed by atoms with Crippen molar-refractivity contribution in [3.63, 3.8) is 0 Å². The Kier molecular flexibility index (Phi) is 3.78. The van der Waals surface area contributed by atoms with Crippen molar-refractivity contribution < 1.29 is 31.5 Å². The molecule has 0 aliphatic rings. The van der Waals surface area contributed by atoms with E-state index in [0.29, 0.717) is 12.1 Å². The molecule has 1 N–H and O–H groups in total. The zero-order valence-electron chi connectivity index (χ0n) is 9.02. The first-order valence-electron chi connectivity index (χ1n) is 4.63. The number of halogens is 5. The Bertz CT molecular complexity index is 444. The highest BCUT2D eigenvalue weighted by molar-refractivity contribution is 5.81. The molecule has 1 rings (SSSR count). The molecule has 0 spiro atoms. The van der Waals surface area contributed by atoms with Gasteiger partial charge in [-0.15, -0.1) is 0 Å². The van der Waals surface area contributed by atoms with Gasteiger partial charge in [0.1, 0.15) is 5.75 Å². The lowest BCUT2D eigenvalue weighted by atomic mass is 10.2. The third-order valence-corrected chi connectivity index (χ3v) is 1.90. The van der Waals surface area contributed by atoms with Crippen LogP contribution in [0.3, 0.4) is 0 Å². The van der Waals surface area contributed by atoms with Crippen LogP contribution in [0.2, 0.25) is 0 Å². The number of carbonyl (C=O) groups excluding carboxylic acids is 1. The highest BCUT2D eigenvalue weighted by Crippen LogP contribution is 2.32. The molecule has 8 heteroatoms. The lowest BCUT2D eigenvalue weighted by Crippen LogP contribution is -2.42. The molecule has 100 valence electrons. The molecule has 0 unspecified atom stereocenters. The van der Waals surface area contributed by atoms with Gasteiger partial charge in [-0.3, -0.25) is 4.79 Å². The Morgan fingerprint density at radius 2 is 1.83 bits per heavy atom. The van der Waals surface area contributed by atoms with Gasteiger partial charge in [0.25, 0.3) is 0 Å². The standard InChI is InChI=1S/C10H8F5NO2/c1-16-8(17)10(14,15)18-7-4-2-3-6(5-7)9(11,12)13/h2-5H,1H3,(H,16,17). The van der Waals surface area contributed by atoms with Crippen LogP contribution in [0.15, 0.2) is 24.3 Å². The van der Waals surface area contributed by atoms with Crippen LogP contribution < -0.4 is 10.1 Å². The maximum Gasteiger partial charge on any atom is 0.482 e. The van der Waals surface area contributed by atoms with Crippen LogP contribution in [0.4, 0.5) is 22.0 Å². The Labute approximate surface area is 98.5 Å². The van der Waals surface area contributed by atoms with Crippen molar-refractivity contribution in [1.29, 1.82) is 0 Å². The number of alkyl halides is 5.